The Kier molecular flexibility index (Phi) is 8.60. The van der Waals surface area contributed by atoms with Gasteiger partial charge in [-0.25, -0.2) is 0 Å². The fraction of sp³-hybridized carbons (Fsp3) is 0.692. The molecule has 0 saturated carbocycles. The largest absolute Gasteiger partial charge is 0.507 e. The van der Waals surface area contributed by atoms with E-state index in [1.807, 2.05) is 27.7 Å². The second-order valence-electron chi connectivity index (χ2n) is 9.77. The average Bonchev–Trinajstić information content (AvgIpc) is 3.56. The lowest BCUT2D eigenvalue weighted by Gasteiger charge is -2.39. The minimum atomic E-state index is -1.40. The minimum Gasteiger partial charge on any atom is -0.507 e. The van der Waals surface area contributed by atoms with Gasteiger partial charge < -0.3 is 34.6 Å². The summed E-state index contributed by atoms with van der Waals surface area (Å²) in [6.45, 7) is 9.68. The van der Waals surface area contributed by atoms with Crippen molar-refractivity contribution in [2.24, 2.45) is 11.8 Å². The molecule has 1 unspecified atom stereocenters. The molecule has 2 saturated heterocycles. The molecule has 0 aromatic heterocycles. The van der Waals surface area contributed by atoms with Gasteiger partial charge in [-0.1, -0.05) is 34.1 Å². The van der Waals surface area contributed by atoms with Crippen LogP contribution < -0.4 is 0 Å². The molecular weight excluding hydrogens is 456 g/mol. The van der Waals surface area contributed by atoms with E-state index in [9.17, 15) is 30.0 Å². The number of aldehydes is 1. The molecule has 0 bridgehead atoms. The Morgan fingerprint density at radius 2 is 1.91 bits per heavy atom. The van der Waals surface area contributed by atoms with Gasteiger partial charge in [0.1, 0.15) is 11.5 Å². The molecule has 3 rings (SSSR count). The molecule has 35 heavy (non-hydrogen) atoms. The van der Waals surface area contributed by atoms with E-state index in [4.69, 9.17) is 14.2 Å². The number of hydrogen-bond acceptors (Lipinski definition) is 9. The smallest absolute Gasteiger partial charge is 0.189 e. The van der Waals surface area contributed by atoms with Crippen LogP contribution in [-0.4, -0.2) is 69.3 Å². The highest BCUT2D eigenvalue weighted by Crippen LogP contribution is 2.50. The van der Waals surface area contributed by atoms with Crippen LogP contribution >= 0.6 is 0 Å². The second-order valence-corrected chi connectivity index (χ2v) is 9.77. The van der Waals surface area contributed by atoms with Gasteiger partial charge in [0, 0.05) is 24.5 Å². The van der Waals surface area contributed by atoms with Crippen LogP contribution in [0.4, 0.5) is 0 Å². The number of carbonyl (C=O) groups excluding carboxylic acids is 2. The molecule has 0 amide bonds. The van der Waals surface area contributed by atoms with Gasteiger partial charge >= 0.3 is 0 Å². The van der Waals surface area contributed by atoms with Gasteiger partial charge in [-0.05, 0) is 31.7 Å². The van der Waals surface area contributed by atoms with Gasteiger partial charge in [0.25, 0.3) is 0 Å². The van der Waals surface area contributed by atoms with Crippen molar-refractivity contribution in [1.29, 1.82) is 0 Å². The molecule has 1 aromatic carbocycles. The Balaban J connectivity index is 2.00. The predicted molar refractivity (Wildman–Crippen MR) is 126 cm³/mol. The number of hydrogen-bond donors (Lipinski definition) is 4. The van der Waals surface area contributed by atoms with Gasteiger partial charge in [-0.2, -0.15) is 0 Å². The van der Waals surface area contributed by atoms with Crippen molar-refractivity contribution >= 4 is 12.1 Å². The number of aliphatic hydroxyl groups excluding tert-OH is 2. The van der Waals surface area contributed by atoms with Crippen LogP contribution in [0.25, 0.3) is 0 Å². The normalized spacial score (nSPS) is 29.8. The number of ketones is 1. The van der Waals surface area contributed by atoms with E-state index < -0.39 is 53.4 Å². The van der Waals surface area contributed by atoms with Crippen LogP contribution in [0.5, 0.6) is 11.5 Å². The van der Waals surface area contributed by atoms with E-state index >= 15 is 0 Å². The summed E-state index contributed by atoms with van der Waals surface area (Å²) < 4.78 is 17.2. The van der Waals surface area contributed by atoms with Gasteiger partial charge in [-0.15, -0.1) is 0 Å². The number of phenolic OH excluding ortho intramolecular Hbond substituents is 2. The first kappa shape index (κ1) is 27.5. The molecule has 0 radical (unpaired) electrons. The summed E-state index contributed by atoms with van der Waals surface area (Å²) in [5.74, 6) is -2.44. The average molecular weight is 495 g/mol. The van der Waals surface area contributed by atoms with E-state index in [-0.39, 0.29) is 35.1 Å². The van der Waals surface area contributed by atoms with Crippen LogP contribution in [0.15, 0.2) is 6.07 Å². The molecule has 196 valence electrons. The Morgan fingerprint density at radius 1 is 1.23 bits per heavy atom. The summed E-state index contributed by atoms with van der Waals surface area (Å²) in [5.41, 5.74) is -1.45. The van der Waals surface area contributed by atoms with Crippen LogP contribution in [0.1, 0.15) is 92.7 Å². The van der Waals surface area contributed by atoms with Crippen molar-refractivity contribution in [2.45, 2.75) is 96.6 Å². The third kappa shape index (κ3) is 4.84. The maximum Gasteiger partial charge on any atom is 0.189 e. The van der Waals surface area contributed by atoms with Crippen LogP contribution in [-0.2, 0) is 14.2 Å². The highest BCUT2D eigenvalue weighted by molar-refractivity contribution is 6.04. The molecule has 2 fully saturated rings. The maximum absolute atomic E-state index is 13.8. The van der Waals surface area contributed by atoms with Crippen molar-refractivity contribution in [2.75, 3.05) is 6.61 Å². The van der Waals surface area contributed by atoms with Crippen molar-refractivity contribution in [1.82, 2.24) is 0 Å². The summed E-state index contributed by atoms with van der Waals surface area (Å²) in [6.07, 6.45) is -2.23. The van der Waals surface area contributed by atoms with Gasteiger partial charge in [0.15, 0.2) is 24.0 Å². The zero-order valence-corrected chi connectivity index (χ0v) is 21.1. The van der Waals surface area contributed by atoms with Crippen LogP contribution in [0.3, 0.4) is 0 Å². The van der Waals surface area contributed by atoms with Crippen molar-refractivity contribution in [3.63, 3.8) is 0 Å². The van der Waals surface area contributed by atoms with Gasteiger partial charge in [0.05, 0.1) is 35.5 Å². The number of Topliss-reactive ketones (excluding diaryl/α,β-unsaturated/α-hetero) is 1. The number of ether oxygens (including phenoxy) is 3. The second kappa shape index (κ2) is 10.9. The first-order chi connectivity index (χ1) is 16.6. The van der Waals surface area contributed by atoms with Crippen molar-refractivity contribution < 1.29 is 44.2 Å². The van der Waals surface area contributed by atoms with E-state index in [0.717, 1.165) is 0 Å². The molecule has 2 heterocycles. The Hall–Kier alpha value is -2.04. The Morgan fingerprint density at radius 3 is 2.40 bits per heavy atom. The van der Waals surface area contributed by atoms with Crippen LogP contribution in [0, 0.1) is 11.8 Å². The number of carbonyl (C=O) groups is 2. The third-order valence-corrected chi connectivity index (χ3v) is 7.19. The Labute approximate surface area is 206 Å². The molecule has 2 aliphatic rings. The monoisotopic (exact) mass is 494 g/mol. The molecule has 9 nitrogen and oxygen atoms in total. The van der Waals surface area contributed by atoms with Crippen molar-refractivity contribution in [3.8, 4) is 11.5 Å². The first-order valence-corrected chi connectivity index (χ1v) is 12.5. The first-order valence-electron chi connectivity index (χ1n) is 12.5. The van der Waals surface area contributed by atoms with Gasteiger partial charge in [-0.3, -0.25) is 9.59 Å². The number of rotatable bonds is 11. The molecule has 9 heteroatoms. The topological polar surface area (TPSA) is 146 Å². The van der Waals surface area contributed by atoms with E-state index in [0.29, 0.717) is 32.2 Å². The number of aromatic hydroxyl groups is 2. The number of benzene rings is 1. The molecule has 4 N–H and O–H groups in total. The quantitative estimate of drug-likeness (QED) is 0.207. The molecular formula is C26H38O9. The summed E-state index contributed by atoms with van der Waals surface area (Å²) in [4.78, 5) is 25.5. The minimum absolute atomic E-state index is 0.0732. The number of epoxide rings is 1. The summed E-state index contributed by atoms with van der Waals surface area (Å²) in [7, 11) is 0. The Bertz CT molecular complexity index is 916. The molecule has 0 aliphatic carbocycles. The van der Waals surface area contributed by atoms with E-state index in [1.54, 1.807) is 6.92 Å². The van der Waals surface area contributed by atoms with E-state index in [2.05, 4.69) is 0 Å². The fourth-order valence-corrected chi connectivity index (χ4v) is 5.32. The lowest BCUT2D eigenvalue weighted by molar-refractivity contribution is -0.239. The van der Waals surface area contributed by atoms with Crippen LogP contribution in [0.2, 0.25) is 0 Å². The number of aliphatic hydroxyl groups is 2. The lowest BCUT2D eigenvalue weighted by Crippen LogP contribution is -2.55. The molecule has 1 spiro atoms. The summed E-state index contributed by atoms with van der Waals surface area (Å²) >= 11 is 0. The van der Waals surface area contributed by atoms with E-state index in [1.165, 1.54) is 6.07 Å². The SMILES string of the molecule is CCCC(C(=O)c1cc([C@@H](OCC)C(C)C)c(O)c(C=O)c1O)[C@H]1C[C@@H](O)[C@@]2(O[C@H]2CC)[C@H](O)O1. The van der Waals surface area contributed by atoms with Gasteiger partial charge in [0.2, 0.25) is 0 Å². The fourth-order valence-electron chi connectivity index (χ4n) is 5.32. The zero-order chi connectivity index (χ0) is 26.1. The standard InChI is InChI=1S/C26H38O9/c1-6-9-14(18-11-19(28)26(25(32)34-18)20(7-2)35-26)21(29)15-10-16(24(13(4)5)33-8-3)23(31)17(12-27)22(15)30/h10,12-14,18-20,24-25,28,30-32H,6-9,11H2,1-5H3/t14?,18-,19-,20+,24+,25-,26+/m1/s1. The molecule has 7 atom stereocenters. The van der Waals surface area contributed by atoms with Crippen molar-refractivity contribution in [3.05, 3.63) is 22.8 Å². The third-order valence-electron chi connectivity index (χ3n) is 7.19. The molecule has 2 aliphatic heterocycles. The highest BCUT2D eigenvalue weighted by Gasteiger charge is 2.68. The number of phenols is 2. The maximum atomic E-state index is 13.8. The summed E-state index contributed by atoms with van der Waals surface area (Å²) in [5, 5.41) is 42.9. The highest BCUT2D eigenvalue weighted by atomic mass is 16.7. The lowest BCUT2D eigenvalue weighted by atomic mass is 9.80. The predicted octanol–water partition coefficient (Wildman–Crippen LogP) is 3.26. The molecule has 1 aromatic rings. The zero-order valence-electron chi connectivity index (χ0n) is 21.1. The summed E-state index contributed by atoms with van der Waals surface area (Å²) in [6, 6.07) is 1.37.